The SMILES string of the molecule is C/C=C/c1ccc2n(c1=O)C[C@@H]1[C@@H](CO)[C@H](C(=O)N(C)C)[C@H]2N1CC1CCCC1. The molecule has 0 radical (unpaired) electrons. The molecule has 0 unspecified atom stereocenters. The van der Waals surface area contributed by atoms with Gasteiger partial charge in [0.05, 0.1) is 12.0 Å². The smallest absolute Gasteiger partial charge is 0.258 e. The zero-order chi connectivity index (χ0) is 20.7. The summed E-state index contributed by atoms with van der Waals surface area (Å²) >= 11 is 0. The molecule has 158 valence electrons. The molecule has 6 heteroatoms. The average molecular weight is 400 g/mol. The van der Waals surface area contributed by atoms with Crippen LogP contribution >= 0.6 is 0 Å². The first kappa shape index (κ1) is 20.4. The topological polar surface area (TPSA) is 65.8 Å². The molecule has 6 nitrogen and oxygen atoms in total. The van der Waals surface area contributed by atoms with E-state index in [0.29, 0.717) is 18.0 Å². The average Bonchev–Trinajstić information content (AvgIpc) is 3.28. The van der Waals surface area contributed by atoms with Gasteiger partial charge in [0.2, 0.25) is 5.91 Å². The van der Waals surface area contributed by atoms with Crippen molar-refractivity contribution in [2.45, 2.75) is 51.2 Å². The molecule has 1 amide bonds. The summed E-state index contributed by atoms with van der Waals surface area (Å²) in [6.45, 7) is 3.38. The van der Waals surface area contributed by atoms with E-state index in [9.17, 15) is 14.7 Å². The van der Waals surface area contributed by atoms with Gasteiger partial charge in [-0.3, -0.25) is 14.5 Å². The zero-order valence-electron chi connectivity index (χ0n) is 17.8. The lowest BCUT2D eigenvalue weighted by molar-refractivity contribution is -0.135. The van der Waals surface area contributed by atoms with Crippen LogP contribution in [0.4, 0.5) is 0 Å². The molecule has 4 atom stereocenters. The van der Waals surface area contributed by atoms with Gasteiger partial charge in [0, 0.05) is 57.0 Å². The lowest BCUT2D eigenvalue weighted by Crippen LogP contribution is -2.48. The Morgan fingerprint density at radius 1 is 1.28 bits per heavy atom. The maximum absolute atomic E-state index is 13.2. The first-order chi connectivity index (χ1) is 14.0. The van der Waals surface area contributed by atoms with E-state index in [1.807, 2.05) is 35.8 Å². The summed E-state index contributed by atoms with van der Waals surface area (Å²) in [5.74, 6) is 0.224. The third-order valence-corrected chi connectivity index (χ3v) is 7.22. The number of amides is 1. The third-order valence-electron chi connectivity index (χ3n) is 7.22. The van der Waals surface area contributed by atoms with Crippen LogP contribution in [-0.2, 0) is 11.3 Å². The quantitative estimate of drug-likeness (QED) is 0.824. The van der Waals surface area contributed by atoms with Crippen molar-refractivity contribution < 1.29 is 9.90 Å². The number of fused-ring (bicyclic) bond motifs is 4. The van der Waals surface area contributed by atoms with Gasteiger partial charge in [0.15, 0.2) is 0 Å². The molecule has 29 heavy (non-hydrogen) atoms. The summed E-state index contributed by atoms with van der Waals surface area (Å²) in [7, 11) is 3.56. The molecule has 2 fully saturated rings. The number of nitrogens with zero attached hydrogens (tertiary/aromatic N) is 3. The number of rotatable bonds is 5. The Balaban J connectivity index is 1.81. The van der Waals surface area contributed by atoms with Crippen LogP contribution in [0.3, 0.4) is 0 Å². The second-order valence-electron chi connectivity index (χ2n) is 9.09. The van der Waals surface area contributed by atoms with E-state index in [1.54, 1.807) is 19.0 Å². The summed E-state index contributed by atoms with van der Waals surface area (Å²) in [4.78, 5) is 30.4. The normalized spacial score (nSPS) is 29.5. The highest BCUT2D eigenvalue weighted by atomic mass is 16.3. The van der Waals surface area contributed by atoms with Crippen molar-refractivity contribution >= 4 is 12.0 Å². The first-order valence-corrected chi connectivity index (χ1v) is 10.9. The van der Waals surface area contributed by atoms with Crippen LogP contribution in [0.25, 0.3) is 6.08 Å². The van der Waals surface area contributed by atoms with E-state index >= 15 is 0 Å². The minimum absolute atomic E-state index is 0.00533. The molecule has 3 aliphatic rings. The number of carbonyl (C=O) groups excluding carboxylic acids is 1. The van der Waals surface area contributed by atoms with Crippen molar-refractivity contribution in [3.8, 4) is 0 Å². The Kier molecular flexibility index (Phi) is 5.67. The van der Waals surface area contributed by atoms with E-state index in [-0.39, 0.29) is 42.0 Å². The predicted molar refractivity (Wildman–Crippen MR) is 113 cm³/mol. The van der Waals surface area contributed by atoms with E-state index in [1.165, 1.54) is 25.7 Å². The Hall–Kier alpha value is -1.92. The Labute approximate surface area is 172 Å². The molecule has 1 saturated heterocycles. The zero-order valence-corrected chi connectivity index (χ0v) is 17.8. The second-order valence-corrected chi connectivity index (χ2v) is 9.09. The minimum Gasteiger partial charge on any atom is -0.396 e. The molecule has 0 aromatic carbocycles. The lowest BCUT2D eigenvalue weighted by atomic mass is 9.86. The maximum Gasteiger partial charge on any atom is 0.258 e. The fourth-order valence-electron chi connectivity index (χ4n) is 5.87. The van der Waals surface area contributed by atoms with Crippen molar-refractivity contribution in [3.05, 3.63) is 39.8 Å². The fourth-order valence-corrected chi connectivity index (χ4v) is 5.87. The molecule has 1 saturated carbocycles. The van der Waals surface area contributed by atoms with Crippen molar-refractivity contribution in [2.75, 3.05) is 27.2 Å². The maximum atomic E-state index is 13.2. The lowest BCUT2D eigenvalue weighted by Gasteiger charge is -2.39. The van der Waals surface area contributed by atoms with Crippen LogP contribution in [0.5, 0.6) is 0 Å². The van der Waals surface area contributed by atoms with Crippen LogP contribution in [0.2, 0.25) is 0 Å². The number of allylic oxidation sites excluding steroid dienone is 1. The van der Waals surface area contributed by atoms with Gasteiger partial charge in [-0.1, -0.05) is 25.0 Å². The van der Waals surface area contributed by atoms with Gasteiger partial charge in [-0.25, -0.2) is 0 Å². The highest BCUT2D eigenvalue weighted by Gasteiger charge is 2.56. The van der Waals surface area contributed by atoms with Gasteiger partial charge < -0.3 is 14.6 Å². The summed E-state index contributed by atoms with van der Waals surface area (Å²) in [5, 5.41) is 10.3. The molecule has 1 aliphatic carbocycles. The molecule has 1 N–H and O–H groups in total. The van der Waals surface area contributed by atoms with E-state index in [0.717, 1.165) is 12.2 Å². The Morgan fingerprint density at radius 2 is 2.00 bits per heavy atom. The predicted octanol–water partition coefficient (Wildman–Crippen LogP) is 2.12. The largest absolute Gasteiger partial charge is 0.396 e. The summed E-state index contributed by atoms with van der Waals surface area (Å²) in [5.41, 5.74) is 1.61. The van der Waals surface area contributed by atoms with Crippen molar-refractivity contribution in [3.63, 3.8) is 0 Å². The minimum atomic E-state index is -0.317. The van der Waals surface area contributed by atoms with Crippen molar-refractivity contribution in [2.24, 2.45) is 17.8 Å². The number of hydrogen-bond acceptors (Lipinski definition) is 4. The Morgan fingerprint density at radius 3 is 2.62 bits per heavy atom. The number of aliphatic hydroxyl groups excluding tert-OH is 1. The molecule has 2 aliphatic heterocycles. The van der Waals surface area contributed by atoms with Crippen molar-refractivity contribution in [1.29, 1.82) is 0 Å². The van der Waals surface area contributed by atoms with Gasteiger partial charge in [-0.05, 0) is 37.8 Å². The number of carbonyl (C=O) groups is 1. The number of aromatic nitrogens is 1. The summed E-state index contributed by atoms with van der Waals surface area (Å²) < 4.78 is 1.86. The molecule has 1 aromatic heterocycles. The summed E-state index contributed by atoms with van der Waals surface area (Å²) in [6, 6.07) is 3.78. The van der Waals surface area contributed by atoms with E-state index < -0.39 is 0 Å². The molecule has 1 aromatic rings. The molecule has 0 spiro atoms. The molecule has 4 rings (SSSR count). The van der Waals surface area contributed by atoms with Crippen LogP contribution in [0, 0.1) is 17.8 Å². The molecular weight excluding hydrogens is 366 g/mol. The van der Waals surface area contributed by atoms with Crippen LogP contribution in [-0.4, -0.2) is 58.7 Å². The molecular formula is C23H33N3O3. The standard InChI is InChI=1S/C23H33N3O3/c1-4-7-16-10-11-18-21-20(23(29)24(2)3)17(14-27)19(13-26(18)22(16)28)25(21)12-15-8-5-6-9-15/h4,7,10-11,15,17,19-21,27H,5-6,8-9,12-14H2,1-3H3/b7-4+/t17-,19-,20+,21+/m1/s1. The fraction of sp³-hybridized carbons (Fsp3) is 0.652. The van der Waals surface area contributed by atoms with Crippen LogP contribution in [0.1, 0.15) is 49.9 Å². The van der Waals surface area contributed by atoms with Gasteiger partial charge in [0.25, 0.3) is 5.56 Å². The number of hydrogen-bond donors (Lipinski definition) is 1. The van der Waals surface area contributed by atoms with Gasteiger partial charge in [-0.15, -0.1) is 0 Å². The van der Waals surface area contributed by atoms with E-state index in [4.69, 9.17) is 0 Å². The third kappa shape index (κ3) is 3.36. The van der Waals surface area contributed by atoms with Gasteiger partial charge in [0.1, 0.15) is 0 Å². The first-order valence-electron chi connectivity index (χ1n) is 10.9. The number of pyridine rings is 1. The van der Waals surface area contributed by atoms with Gasteiger partial charge >= 0.3 is 0 Å². The highest BCUT2D eigenvalue weighted by Crippen LogP contribution is 2.49. The summed E-state index contributed by atoms with van der Waals surface area (Å²) in [6.07, 6.45) is 8.75. The second kappa shape index (κ2) is 8.07. The molecule has 2 bridgehead atoms. The van der Waals surface area contributed by atoms with Crippen LogP contribution < -0.4 is 5.56 Å². The highest BCUT2D eigenvalue weighted by molar-refractivity contribution is 5.80. The van der Waals surface area contributed by atoms with Gasteiger partial charge in [-0.2, -0.15) is 0 Å². The molecule has 3 heterocycles. The van der Waals surface area contributed by atoms with E-state index in [2.05, 4.69) is 4.90 Å². The number of aliphatic hydroxyl groups is 1. The Bertz CT molecular complexity index is 853. The van der Waals surface area contributed by atoms with Crippen LogP contribution in [0.15, 0.2) is 23.0 Å². The monoisotopic (exact) mass is 399 g/mol. The van der Waals surface area contributed by atoms with Crippen molar-refractivity contribution in [1.82, 2.24) is 14.4 Å².